The first-order chi connectivity index (χ1) is 19.6. The van der Waals surface area contributed by atoms with Crippen LogP contribution in [0.4, 0.5) is 11.6 Å². The fourth-order valence-corrected chi connectivity index (χ4v) is 5.78. The molecule has 212 valence electrons. The lowest BCUT2D eigenvalue weighted by Gasteiger charge is -2.37. The first-order valence-corrected chi connectivity index (χ1v) is 14.2. The van der Waals surface area contributed by atoms with Crippen molar-refractivity contribution < 1.29 is 14.3 Å². The topological polar surface area (TPSA) is 92.1 Å². The second-order valence-corrected chi connectivity index (χ2v) is 10.7. The Labute approximate surface area is 235 Å². The summed E-state index contributed by atoms with van der Waals surface area (Å²) in [6, 6.07) is 13.7. The minimum Gasteiger partial charge on any atom is -0.497 e. The molecule has 11 heteroatoms. The molecule has 3 aliphatic rings. The van der Waals surface area contributed by atoms with Crippen molar-refractivity contribution in [1.29, 1.82) is 0 Å². The van der Waals surface area contributed by atoms with Crippen molar-refractivity contribution in [2.24, 2.45) is 7.05 Å². The summed E-state index contributed by atoms with van der Waals surface area (Å²) in [6.45, 7) is 8.57. The minimum atomic E-state index is -0.0103. The number of piperazine rings is 2. The zero-order valence-corrected chi connectivity index (χ0v) is 23.4. The highest BCUT2D eigenvalue weighted by Crippen LogP contribution is 2.25. The maximum atomic E-state index is 13.3. The highest BCUT2D eigenvalue weighted by molar-refractivity contribution is 5.94. The van der Waals surface area contributed by atoms with Crippen LogP contribution in [-0.2, 0) is 11.8 Å². The summed E-state index contributed by atoms with van der Waals surface area (Å²) in [6.07, 6.45) is 2.78. The molecule has 6 rings (SSSR count). The fraction of sp³-hybridized carbons (Fsp3) is 0.517. The second kappa shape index (κ2) is 11.8. The molecule has 1 aromatic carbocycles. The van der Waals surface area contributed by atoms with Crippen molar-refractivity contribution in [2.75, 3.05) is 82.4 Å². The smallest absolute Gasteiger partial charge is 0.272 e. The van der Waals surface area contributed by atoms with E-state index in [9.17, 15) is 4.79 Å². The van der Waals surface area contributed by atoms with Crippen molar-refractivity contribution in [1.82, 2.24) is 29.8 Å². The van der Waals surface area contributed by atoms with Crippen molar-refractivity contribution >= 4 is 17.5 Å². The fourth-order valence-electron chi connectivity index (χ4n) is 5.78. The number of nitrogens with zero attached hydrogens (tertiary/aromatic N) is 8. The first kappa shape index (κ1) is 26.5. The molecular formula is C29H38N8O3. The number of hydrogen-bond acceptors (Lipinski definition) is 9. The van der Waals surface area contributed by atoms with E-state index in [2.05, 4.69) is 42.1 Å². The predicted molar refractivity (Wildman–Crippen MR) is 153 cm³/mol. The van der Waals surface area contributed by atoms with E-state index in [4.69, 9.17) is 9.47 Å². The normalized spacial score (nSPS) is 20.2. The highest BCUT2D eigenvalue weighted by atomic mass is 16.5. The molecule has 3 fully saturated rings. The van der Waals surface area contributed by atoms with Crippen LogP contribution in [0.25, 0.3) is 11.3 Å². The average molecular weight is 547 g/mol. The SMILES string of the molecule is COc1cccc(-c2cc(C(=O)N3CCN(c4ccc(N5CCN(CC6CCCO6)CC5)nn4)CC3)n(C)n2)c1. The maximum absolute atomic E-state index is 13.3. The largest absolute Gasteiger partial charge is 0.497 e. The second-order valence-electron chi connectivity index (χ2n) is 10.7. The van der Waals surface area contributed by atoms with Gasteiger partial charge in [-0.05, 0) is 43.2 Å². The number of carbonyl (C=O) groups is 1. The van der Waals surface area contributed by atoms with E-state index in [1.165, 1.54) is 12.8 Å². The highest BCUT2D eigenvalue weighted by Gasteiger charge is 2.27. The van der Waals surface area contributed by atoms with Crippen LogP contribution in [-0.4, -0.2) is 114 Å². The van der Waals surface area contributed by atoms with Gasteiger partial charge < -0.3 is 24.2 Å². The van der Waals surface area contributed by atoms with Gasteiger partial charge in [-0.25, -0.2) is 0 Å². The van der Waals surface area contributed by atoms with Crippen LogP contribution in [0.2, 0.25) is 0 Å². The molecule has 0 radical (unpaired) electrons. The van der Waals surface area contributed by atoms with Crippen LogP contribution in [0.5, 0.6) is 5.75 Å². The van der Waals surface area contributed by atoms with Crippen molar-refractivity contribution in [3.63, 3.8) is 0 Å². The molecule has 1 atom stereocenters. The molecule has 11 nitrogen and oxygen atoms in total. The number of hydrogen-bond donors (Lipinski definition) is 0. The molecule has 2 aromatic heterocycles. The molecule has 1 unspecified atom stereocenters. The molecule has 3 aromatic rings. The number of aryl methyl sites for hydroxylation is 1. The molecule has 0 bridgehead atoms. The number of rotatable bonds is 7. The number of ether oxygens (including phenoxy) is 2. The minimum absolute atomic E-state index is 0.0103. The standard InChI is InChI=1S/C29H38N8O3/c1-33-26(20-25(32-33)22-5-3-6-23(19-22)39-2)29(38)37-16-14-36(15-17-37)28-9-8-27(30-31-28)35-12-10-34(11-13-35)21-24-7-4-18-40-24/h3,5-6,8-9,19-20,24H,4,7,10-18,21H2,1-2H3. The number of benzene rings is 1. The van der Waals surface area contributed by atoms with E-state index in [1.807, 2.05) is 42.3 Å². The Morgan fingerprint density at radius 1 is 0.950 bits per heavy atom. The van der Waals surface area contributed by atoms with Gasteiger partial charge >= 0.3 is 0 Å². The lowest BCUT2D eigenvalue weighted by molar-refractivity contribution is 0.0712. The van der Waals surface area contributed by atoms with E-state index >= 15 is 0 Å². The van der Waals surface area contributed by atoms with E-state index in [0.717, 1.165) is 68.0 Å². The van der Waals surface area contributed by atoms with Gasteiger partial charge in [-0.3, -0.25) is 14.4 Å². The Hall–Kier alpha value is -3.70. The molecule has 0 spiro atoms. The lowest BCUT2D eigenvalue weighted by Crippen LogP contribution is -2.49. The Kier molecular flexibility index (Phi) is 7.83. The van der Waals surface area contributed by atoms with Crippen LogP contribution in [0.15, 0.2) is 42.5 Å². The number of amides is 1. The van der Waals surface area contributed by atoms with E-state index in [0.29, 0.717) is 38.0 Å². The Morgan fingerprint density at radius 3 is 2.27 bits per heavy atom. The van der Waals surface area contributed by atoms with Crippen LogP contribution < -0.4 is 14.5 Å². The summed E-state index contributed by atoms with van der Waals surface area (Å²) in [4.78, 5) is 22.3. The van der Waals surface area contributed by atoms with Gasteiger partial charge in [-0.15, -0.1) is 10.2 Å². The zero-order valence-electron chi connectivity index (χ0n) is 23.4. The van der Waals surface area contributed by atoms with Gasteiger partial charge in [0.1, 0.15) is 11.4 Å². The number of aromatic nitrogens is 4. The molecule has 5 heterocycles. The van der Waals surface area contributed by atoms with Crippen molar-refractivity contribution in [3.05, 3.63) is 48.2 Å². The van der Waals surface area contributed by atoms with E-state index in [1.54, 1.807) is 11.8 Å². The van der Waals surface area contributed by atoms with Gasteiger partial charge in [0.2, 0.25) is 0 Å². The number of methoxy groups -OCH3 is 1. The van der Waals surface area contributed by atoms with E-state index in [-0.39, 0.29) is 5.91 Å². The monoisotopic (exact) mass is 546 g/mol. The van der Waals surface area contributed by atoms with Gasteiger partial charge in [0, 0.05) is 78.1 Å². The third-order valence-corrected chi connectivity index (χ3v) is 8.17. The molecule has 3 saturated heterocycles. The third kappa shape index (κ3) is 5.75. The van der Waals surface area contributed by atoms with Crippen LogP contribution >= 0.6 is 0 Å². The Balaban J connectivity index is 1.01. The summed E-state index contributed by atoms with van der Waals surface area (Å²) in [5, 5.41) is 13.7. The van der Waals surface area contributed by atoms with Gasteiger partial charge in [-0.1, -0.05) is 12.1 Å². The van der Waals surface area contributed by atoms with Gasteiger partial charge in [0.25, 0.3) is 5.91 Å². The Morgan fingerprint density at radius 2 is 1.65 bits per heavy atom. The number of anilines is 2. The van der Waals surface area contributed by atoms with Gasteiger partial charge in [-0.2, -0.15) is 5.10 Å². The molecule has 1 amide bonds. The first-order valence-electron chi connectivity index (χ1n) is 14.2. The summed E-state index contributed by atoms with van der Waals surface area (Å²) in [5.74, 6) is 2.53. The van der Waals surface area contributed by atoms with Gasteiger partial charge in [0.15, 0.2) is 11.6 Å². The zero-order chi connectivity index (χ0) is 27.5. The Bertz CT molecular complexity index is 1290. The molecule has 0 N–H and O–H groups in total. The molecule has 40 heavy (non-hydrogen) atoms. The van der Waals surface area contributed by atoms with Crippen LogP contribution in [0.3, 0.4) is 0 Å². The van der Waals surface area contributed by atoms with Crippen LogP contribution in [0.1, 0.15) is 23.3 Å². The van der Waals surface area contributed by atoms with E-state index < -0.39 is 0 Å². The number of carbonyl (C=O) groups excluding carboxylic acids is 1. The summed E-state index contributed by atoms with van der Waals surface area (Å²) < 4.78 is 12.8. The molecule has 3 aliphatic heterocycles. The summed E-state index contributed by atoms with van der Waals surface area (Å²) >= 11 is 0. The molecule has 0 aliphatic carbocycles. The van der Waals surface area contributed by atoms with Gasteiger partial charge in [0.05, 0.1) is 18.9 Å². The maximum Gasteiger partial charge on any atom is 0.272 e. The van der Waals surface area contributed by atoms with Crippen molar-refractivity contribution in [3.8, 4) is 17.0 Å². The summed E-state index contributed by atoms with van der Waals surface area (Å²) in [7, 11) is 3.45. The molecular weight excluding hydrogens is 508 g/mol. The quantitative estimate of drug-likeness (QED) is 0.442. The predicted octanol–water partition coefficient (Wildman–Crippen LogP) is 2.15. The summed E-state index contributed by atoms with van der Waals surface area (Å²) in [5.41, 5.74) is 2.25. The lowest BCUT2D eigenvalue weighted by atomic mass is 10.1. The average Bonchev–Trinajstić information content (AvgIpc) is 3.67. The van der Waals surface area contributed by atoms with Crippen molar-refractivity contribution in [2.45, 2.75) is 18.9 Å². The third-order valence-electron chi connectivity index (χ3n) is 8.17. The molecule has 0 saturated carbocycles. The van der Waals surface area contributed by atoms with Crippen LogP contribution in [0, 0.1) is 0 Å².